The molecule has 9 heteroatoms. The smallest absolute Gasteiger partial charge is 0.306 e. The minimum atomic E-state index is -0.768. The molecule has 2 N–H and O–H groups in total. The van der Waals surface area contributed by atoms with Crippen molar-refractivity contribution in [2.24, 2.45) is 0 Å². The Morgan fingerprint density at radius 2 is 0.662 bits per heavy atom. The monoisotopic (exact) mass is 1010 g/mol. The van der Waals surface area contributed by atoms with Gasteiger partial charge in [-0.15, -0.1) is 0 Å². The molecule has 0 saturated heterocycles. The van der Waals surface area contributed by atoms with Gasteiger partial charge in [0.1, 0.15) is 12.7 Å². The van der Waals surface area contributed by atoms with E-state index in [1.54, 1.807) is 0 Å². The second-order valence-electron chi connectivity index (χ2n) is 20.8. The summed E-state index contributed by atoms with van der Waals surface area (Å²) in [4.78, 5) is 34.6. The van der Waals surface area contributed by atoms with Gasteiger partial charge in [-0.1, -0.05) is 270 Å². The second-order valence-corrected chi connectivity index (χ2v) is 20.8. The van der Waals surface area contributed by atoms with Gasteiger partial charge in [-0.3, -0.25) is 14.4 Å². The molecule has 0 spiro atoms. The molecule has 0 fully saturated rings. The summed E-state index contributed by atoms with van der Waals surface area (Å²) in [5, 5.41) is 18.6. The Kier molecular flexibility index (Phi) is 62.4. The summed E-state index contributed by atoms with van der Waals surface area (Å²) < 4.78 is 21.0. The first-order valence-corrected chi connectivity index (χ1v) is 30.8. The van der Waals surface area contributed by atoms with Gasteiger partial charge in [0, 0.05) is 26.4 Å². The predicted molar refractivity (Wildman–Crippen MR) is 300 cm³/mol. The van der Waals surface area contributed by atoms with E-state index in [1.807, 2.05) is 0 Å². The molecule has 0 aromatic heterocycles. The Hall–Kier alpha value is -1.97. The molecule has 0 rings (SSSR count). The van der Waals surface area contributed by atoms with E-state index < -0.39 is 18.2 Å². The predicted octanol–water partition coefficient (Wildman–Crippen LogP) is 17.9. The van der Waals surface area contributed by atoms with Crippen molar-refractivity contribution in [2.45, 2.75) is 335 Å². The topological polar surface area (TPSA) is 129 Å². The van der Waals surface area contributed by atoms with Gasteiger partial charge in [-0.25, -0.2) is 0 Å². The Morgan fingerprint density at radius 1 is 0.366 bits per heavy atom. The number of hydrogen-bond donors (Lipinski definition) is 2. The lowest BCUT2D eigenvalue weighted by Crippen LogP contribution is -2.27. The molecule has 0 bridgehead atoms. The summed E-state index contributed by atoms with van der Waals surface area (Å²) in [6.45, 7) is 8.47. The highest BCUT2D eigenvalue weighted by Crippen LogP contribution is 2.17. The number of esters is 3. The third-order valence-corrected chi connectivity index (χ3v) is 13.5. The number of allylic oxidation sites excluding steroid dienone is 2. The normalized spacial score (nSPS) is 12.2. The van der Waals surface area contributed by atoms with Crippen molar-refractivity contribution in [1.82, 2.24) is 0 Å². The molecular formula is C62H120O9. The van der Waals surface area contributed by atoms with Gasteiger partial charge >= 0.3 is 17.9 Å². The van der Waals surface area contributed by atoms with Crippen LogP contribution >= 0.6 is 0 Å². The van der Waals surface area contributed by atoms with Crippen LogP contribution in [0.2, 0.25) is 0 Å². The highest BCUT2D eigenvalue weighted by Gasteiger charge is 2.15. The van der Waals surface area contributed by atoms with Crippen LogP contribution in [0.3, 0.4) is 0 Å². The Morgan fingerprint density at radius 3 is 1.00 bits per heavy atom. The highest BCUT2D eigenvalue weighted by molar-refractivity contribution is 5.70. The van der Waals surface area contributed by atoms with E-state index in [0.29, 0.717) is 26.1 Å². The number of carbonyl (C=O) groups excluding carboxylic acids is 3. The molecular weight excluding hydrogens is 889 g/mol. The van der Waals surface area contributed by atoms with Crippen LogP contribution in [0.15, 0.2) is 12.2 Å². The summed E-state index contributed by atoms with van der Waals surface area (Å²) in [6, 6.07) is 0. The van der Waals surface area contributed by atoms with Crippen molar-refractivity contribution in [1.29, 1.82) is 0 Å². The number of aliphatic hydroxyl groups is 2. The van der Waals surface area contributed by atoms with Crippen LogP contribution in [0.4, 0.5) is 0 Å². The Balaban J connectivity index is 0. The number of hydrogen-bond acceptors (Lipinski definition) is 9. The third-order valence-electron chi connectivity index (χ3n) is 13.5. The average Bonchev–Trinajstić information content (AvgIpc) is 3.36. The van der Waals surface area contributed by atoms with Gasteiger partial charge in [0.05, 0.1) is 19.8 Å². The van der Waals surface area contributed by atoms with Crippen molar-refractivity contribution < 1.29 is 43.5 Å². The quantitative estimate of drug-likeness (QED) is 0.0265. The number of carbonyl (C=O) groups is 3. The van der Waals surface area contributed by atoms with Crippen LogP contribution in [-0.4, -0.2) is 73.4 Å². The zero-order chi connectivity index (χ0) is 52.2. The molecule has 0 amide bonds. The van der Waals surface area contributed by atoms with E-state index >= 15 is 0 Å². The lowest BCUT2D eigenvalue weighted by Gasteiger charge is -2.16. The molecule has 0 aliphatic rings. The van der Waals surface area contributed by atoms with E-state index in [-0.39, 0.29) is 31.8 Å². The zero-order valence-corrected chi connectivity index (χ0v) is 47.6. The van der Waals surface area contributed by atoms with Crippen LogP contribution in [0.25, 0.3) is 0 Å². The maximum absolute atomic E-state index is 12.2. The Bertz CT molecular complexity index is 1100. The Labute approximate surface area is 440 Å². The van der Waals surface area contributed by atoms with Crippen molar-refractivity contribution in [3.05, 3.63) is 12.2 Å². The second kappa shape index (κ2) is 62.3. The van der Waals surface area contributed by atoms with Crippen LogP contribution < -0.4 is 0 Å². The van der Waals surface area contributed by atoms with E-state index in [2.05, 4.69) is 32.9 Å². The average molecular weight is 1010 g/mol. The molecule has 0 aliphatic heterocycles. The molecule has 0 aliphatic carbocycles. The molecule has 0 radical (unpaired) electrons. The number of aliphatic hydroxyl groups excluding tert-OH is 2. The minimum absolute atomic E-state index is 0.0833. The minimum Gasteiger partial charge on any atom is -0.462 e. The molecule has 71 heavy (non-hydrogen) atoms. The van der Waals surface area contributed by atoms with Gasteiger partial charge in [-0.2, -0.15) is 0 Å². The summed E-state index contributed by atoms with van der Waals surface area (Å²) in [7, 11) is 0. The van der Waals surface area contributed by atoms with Gasteiger partial charge in [-0.05, 0) is 44.9 Å². The van der Waals surface area contributed by atoms with E-state index in [9.17, 15) is 19.5 Å². The lowest BCUT2D eigenvalue weighted by molar-refractivity contribution is -0.159. The molecule has 422 valence electrons. The molecule has 2 unspecified atom stereocenters. The first-order chi connectivity index (χ1) is 34.8. The van der Waals surface area contributed by atoms with Gasteiger partial charge in [0.25, 0.3) is 0 Å². The zero-order valence-electron chi connectivity index (χ0n) is 47.6. The maximum atomic E-state index is 12.2. The SMILES string of the molecule is CCCCCCCC/C=C\CCCCCCCC(=O)OCC(CO)OC(C)=O.CCCCCCCCCCCCCCCCCCCC(=O)OC(CO)COCCCCCCCCCCCCCCCC. The number of rotatable bonds is 56. The fourth-order valence-electron chi connectivity index (χ4n) is 8.93. The summed E-state index contributed by atoms with van der Waals surface area (Å²) in [5.74, 6) is -0.990. The molecule has 0 aromatic carbocycles. The van der Waals surface area contributed by atoms with Crippen LogP contribution in [0.1, 0.15) is 323 Å². The standard InChI is InChI=1S/C39H78O4.C23H42O5/c1-3-5-7-9-11-13-15-17-19-20-21-22-24-26-28-30-32-34-39(41)43-38(36-40)37-42-35-33-31-29-27-25-23-18-16-14-12-10-8-6-4-2;1-3-4-5-6-7-8-9-10-11-12-13-14-15-16-17-18-23(26)27-20-22(19-24)28-21(2)25/h38,40H,3-37H2,1-2H3;10-11,22,24H,3-9,12-20H2,1-2H3/b;11-10-. The summed E-state index contributed by atoms with van der Waals surface area (Å²) in [5.41, 5.74) is 0. The number of ether oxygens (including phenoxy) is 4. The molecule has 0 heterocycles. The number of unbranched alkanes of at least 4 members (excludes halogenated alkanes) is 40. The highest BCUT2D eigenvalue weighted by atomic mass is 16.6. The summed E-state index contributed by atoms with van der Waals surface area (Å²) in [6.07, 6.45) is 61.5. The third kappa shape index (κ3) is 62.2. The van der Waals surface area contributed by atoms with E-state index in [0.717, 1.165) is 44.9 Å². The molecule has 0 aromatic rings. The van der Waals surface area contributed by atoms with Crippen LogP contribution in [0, 0.1) is 0 Å². The van der Waals surface area contributed by atoms with Crippen LogP contribution in [-0.2, 0) is 33.3 Å². The fraction of sp³-hybridized carbons (Fsp3) is 0.919. The summed E-state index contributed by atoms with van der Waals surface area (Å²) >= 11 is 0. The van der Waals surface area contributed by atoms with Gasteiger partial charge in [0.15, 0.2) is 6.10 Å². The van der Waals surface area contributed by atoms with Crippen molar-refractivity contribution in [2.75, 3.05) is 33.0 Å². The maximum Gasteiger partial charge on any atom is 0.306 e. The first-order valence-electron chi connectivity index (χ1n) is 30.8. The van der Waals surface area contributed by atoms with Gasteiger partial charge < -0.3 is 29.2 Å². The molecule has 0 saturated carbocycles. The van der Waals surface area contributed by atoms with Crippen molar-refractivity contribution in [3.8, 4) is 0 Å². The molecule has 2 atom stereocenters. The van der Waals surface area contributed by atoms with Gasteiger partial charge in [0.2, 0.25) is 0 Å². The van der Waals surface area contributed by atoms with E-state index in [1.165, 1.54) is 244 Å². The first kappa shape index (κ1) is 71.1. The lowest BCUT2D eigenvalue weighted by atomic mass is 10.0. The van der Waals surface area contributed by atoms with Crippen molar-refractivity contribution in [3.63, 3.8) is 0 Å². The van der Waals surface area contributed by atoms with Crippen LogP contribution in [0.5, 0.6) is 0 Å². The molecule has 9 nitrogen and oxygen atoms in total. The largest absolute Gasteiger partial charge is 0.462 e. The fourth-order valence-corrected chi connectivity index (χ4v) is 8.93. The van der Waals surface area contributed by atoms with E-state index in [4.69, 9.17) is 24.1 Å². The van der Waals surface area contributed by atoms with Crippen molar-refractivity contribution >= 4 is 17.9 Å².